The molecule has 104 valence electrons. The van der Waals surface area contributed by atoms with E-state index >= 15 is 0 Å². The van der Waals surface area contributed by atoms with Crippen LogP contribution in [-0.2, 0) is 11.3 Å². The Labute approximate surface area is 122 Å². The number of carbonyl (C=O) groups is 1. The molecule has 4 heteroatoms. The molecule has 0 aliphatic rings. The molecule has 0 saturated carbocycles. The Bertz CT molecular complexity index is 580. The molecule has 0 bridgehead atoms. The second-order valence-corrected chi connectivity index (χ2v) is 5.05. The zero-order chi connectivity index (χ0) is 14.5. The molecule has 0 aliphatic heterocycles. The molecule has 0 aromatic heterocycles. The number of carbonyl (C=O) groups excluding carboxylic acids is 1. The zero-order valence-electron chi connectivity index (χ0n) is 11.1. The third kappa shape index (κ3) is 3.81. The molecule has 0 aliphatic carbocycles. The number of halogens is 2. The fraction of sp³-hybridized carbons (Fsp3) is 0.188. The topological polar surface area (TPSA) is 29.1 Å². The predicted octanol–water partition coefficient (Wildman–Crippen LogP) is 3.90. The third-order valence-electron chi connectivity index (χ3n) is 3.14. The van der Waals surface area contributed by atoms with Gasteiger partial charge in [0.2, 0.25) is 5.91 Å². The minimum absolute atomic E-state index is 0.0911. The molecule has 20 heavy (non-hydrogen) atoms. The van der Waals surface area contributed by atoms with E-state index in [1.54, 1.807) is 31.2 Å². The normalized spacial score (nSPS) is 11.9. The molecular weight excluding hydrogens is 277 g/mol. The number of rotatable bonds is 4. The SMILES string of the molecule is CC(C(=O)NCc1ccc(Cl)cc1)c1ccc(F)cc1. The van der Waals surface area contributed by atoms with Gasteiger partial charge in [-0.15, -0.1) is 0 Å². The van der Waals surface area contributed by atoms with E-state index in [0.29, 0.717) is 11.6 Å². The van der Waals surface area contributed by atoms with E-state index < -0.39 is 0 Å². The van der Waals surface area contributed by atoms with Crippen LogP contribution >= 0.6 is 11.6 Å². The van der Waals surface area contributed by atoms with Crippen LogP contribution in [-0.4, -0.2) is 5.91 Å². The van der Waals surface area contributed by atoms with Gasteiger partial charge in [0.05, 0.1) is 5.92 Å². The maximum atomic E-state index is 12.8. The number of hydrogen-bond donors (Lipinski definition) is 1. The van der Waals surface area contributed by atoms with Crippen LogP contribution in [0.2, 0.25) is 5.02 Å². The summed E-state index contributed by atoms with van der Waals surface area (Å²) in [6.45, 7) is 2.24. The Balaban J connectivity index is 1.94. The molecule has 2 aromatic carbocycles. The molecule has 1 atom stereocenters. The van der Waals surface area contributed by atoms with Crippen LogP contribution in [0.3, 0.4) is 0 Å². The molecular formula is C16H15ClFNO. The van der Waals surface area contributed by atoms with Crippen molar-refractivity contribution in [3.8, 4) is 0 Å². The summed E-state index contributed by atoms with van der Waals surface area (Å²) in [5.41, 5.74) is 1.77. The second kappa shape index (κ2) is 6.53. The molecule has 2 rings (SSSR count). The van der Waals surface area contributed by atoms with Crippen molar-refractivity contribution in [2.45, 2.75) is 19.4 Å². The molecule has 1 N–H and O–H groups in total. The van der Waals surface area contributed by atoms with Crippen LogP contribution in [0.4, 0.5) is 4.39 Å². The molecule has 1 amide bonds. The molecule has 0 saturated heterocycles. The van der Waals surface area contributed by atoms with Gasteiger partial charge in [-0.1, -0.05) is 35.9 Å². The lowest BCUT2D eigenvalue weighted by atomic mass is 10.0. The first-order valence-corrected chi connectivity index (χ1v) is 6.71. The highest BCUT2D eigenvalue weighted by Crippen LogP contribution is 2.16. The van der Waals surface area contributed by atoms with Crippen molar-refractivity contribution in [3.63, 3.8) is 0 Å². The summed E-state index contributed by atoms with van der Waals surface area (Å²) in [6.07, 6.45) is 0. The molecule has 0 fully saturated rings. The lowest BCUT2D eigenvalue weighted by Gasteiger charge is -2.12. The minimum Gasteiger partial charge on any atom is -0.352 e. The van der Waals surface area contributed by atoms with E-state index in [-0.39, 0.29) is 17.6 Å². The van der Waals surface area contributed by atoms with Crippen molar-refractivity contribution in [1.29, 1.82) is 0 Å². The molecule has 0 heterocycles. The zero-order valence-corrected chi connectivity index (χ0v) is 11.8. The highest BCUT2D eigenvalue weighted by atomic mass is 35.5. The predicted molar refractivity (Wildman–Crippen MR) is 78.1 cm³/mol. The van der Waals surface area contributed by atoms with Gasteiger partial charge in [-0.3, -0.25) is 4.79 Å². The maximum absolute atomic E-state index is 12.8. The minimum atomic E-state index is -0.317. The van der Waals surface area contributed by atoms with Gasteiger partial charge in [0.15, 0.2) is 0 Å². The molecule has 0 spiro atoms. The Morgan fingerprint density at radius 1 is 1.15 bits per heavy atom. The fourth-order valence-electron chi connectivity index (χ4n) is 1.85. The van der Waals surface area contributed by atoms with Gasteiger partial charge in [-0.05, 0) is 42.3 Å². The first-order chi connectivity index (χ1) is 9.56. The maximum Gasteiger partial charge on any atom is 0.227 e. The van der Waals surface area contributed by atoms with E-state index in [0.717, 1.165) is 11.1 Å². The first-order valence-electron chi connectivity index (χ1n) is 6.34. The number of benzene rings is 2. The summed E-state index contributed by atoms with van der Waals surface area (Å²) >= 11 is 5.80. The lowest BCUT2D eigenvalue weighted by Crippen LogP contribution is -2.27. The number of amides is 1. The van der Waals surface area contributed by atoms with Gasteiger partial charge >= 0.3 is 0 Å². The summed E-state index contributed by atoms with van der Waals surface area (Å²) in [5.74, 6) is -0.711. The number of nitrogens with one attached hydrogen (secondary N) is 1. The molecule has 2 aromatic rings. The summed E-state index contributed by atoms with van der Waals surface area (Å²) in [5, 5.41) is 3.52. The highest BCUT2D eigenvalue weighted by Gasteiger charge is 2.14. The van der Waals surface area contributed by atoms with E-state index in [4.69, 9.17) is 11.6 Å². The van der Waals surface area contributed by atoms with Gasteiger partial charge in [0.1, 0.15) is 5.82 Å². The largest absolute Gasteiger partial charge is 0.352 e. The Kier molecular flexibility index (Phi) is 4.74. The first kappa shape index (κ1) is 14.5. The average molecular weight is 292 g/mol. The quantitative estimate of drug-likeness (QED) is 0.909. The molecule has 2 nitrogen and oxygen atoms in total. The van der Waals surface area contributed by atoms with Crippen molar-refractivity contribution in [2.75, 3.05) is 0 Å². The van der Waals surface area contributed by atoms with Crippen molar-refractivity contribution >= 4 is 17.5 Å². The summed E-state index contributed by atoms with van der Waals surface area (Å²) in [4.78, 5) is 12.0. The summed E-state index contributed by atoms with van der Waals surface area (Å²) in [6, 6.07) is 13.3. The average Bonchev–Trinajstić information content (AvgIpc) is 2.46. The second-order valence-electron chi connectivity index (χ2n) is 4.62. The van der Waals surface area contributed by atoms with E-state index in [9.17, 15) is 9.18 Å². The smallest absolute Gasteiger partial charge is 0.227 e. The third-order valence-corrected chi connectivity index (χ3v) is 3.40. The fourth-order valence-corrected chi connectivity index (χ4v) is 1.97. The van der Waals surface area contributed by atoms with Crippen LogP contribution < -0.4 is 5.32 Å². The summed E-state index contributed by atoms with van der Waals surface area (Å²) < 4.78 is 12.8. The Morgan fingerprint density at radius 3 is 2.35 bits per heavy atom. The van der Waals surface area contributed by atoms with Crippen LogP contribution in [0.1, 0.15) is 24.0 Å². The lowest BCUT2D eigenvalue weighted by molar-refractivity contribution is -0.122. The van der Waals surface area contributed by atoms with Gasteiger partial charge in [0.25, 0.3) is 0 Å². The van der Waals surface area contributed by atoms with Crippen LogP contribution in [0.5, 0.6) is 0 Å². The van der Waals surface area contributed by atoms with Gasteiger partial charge < -0.3 is 5.32 Å². The molecule has 1 unspecified atom stereocenters. The standard InChI is InChI=1S/C16H15ClFNO/c1-11(13-4-8-15(18)9-5-13)16(20)19-10-12-2-6-14(17)7-3-12/h2-9,11H,10H2,1H3,(H,19,20). The monoisotopic (exact) mass is 291 g/mol. The van der Waals surface area contributed by atoms with Crippen LogP contribution in [0, 0.1) is 5.82 Å². The van der Waals surface area contributed by atoms with E-state index in [1.807, 2.05) is 12.1 Å². The van der Waals surface area contributed by atoms with Crippen LogP contribution in [0.25, 0.3) is 0 Å². The van der Waals surface area contributed by atoms with Gasteiger partial charge in [0, 0.05) is 11.6 Å². The van der Waals surface area contributed by atoms with E-state index in [1.165, 1.54) is 12.1 Å². The van der Waals surface area contributed by atoms with Gasteiger partial charge in [-0.2, -0.15) is 0 Å². The van der Waals surface area contributed by atoms with Gasteiger partial charge in [-0.25, -0.2) is 4.39 Å². The van der Waals surface area contributed by atoms with Crippen molar-refractivity contribution in [3.05, 3.63) is 70.5 Å². The van der Waals surface area contributed by atoms with Crippen molar-refractivity contribution in [1.82, 2.24) is 5.32 Å². The van der Waals surface area contributed by atoms with E-state index in [2.05, 4.69) is 5.32 Å². The van der Waals surface area contributed by atoms with Crippen molar-refractivity contribution < 1.29 is 9.18 Å². The Hall–Kier alpha value is -1.87. The number of hydrogen-bond acceptors (Lipinski definition) is 1. The van der Waals surface area contributed by atoms with Crippen LogP contribution in [0.15, 0.2) is 48.5 Å². The van der Waals surface area contributed by atoms with Crippen molar-refractivity contribution in [2.24, 2.45) is 0 Å². The Morgan fingerprint density at radius 2 is 1.75 bits per heavy atom. The highest BCUT2D eigenvalue weighted by molar-refractivity contribution is 6.30. The molecule has 0 radical (unpaired) electrons. The summed E-state index contributed by atoms with van der Waals surface area (Å²) in [7, 11) is 0.